The monoisotopic (exact) mass is 496 g/mol. The predicted octanol–water partition coefficient (Wildman–Crippen LogP) is 4.69. The molecule has 2 saturated carbocycles. The molecule has 0 radical (unpaired) electrons. The molecule has 0 aliphatic heterocycles. The Kier molecular flexibility index (Phi) is 7.03. The van der Waals surface area contributed by atoms with E-state index in [1.807, 2.05) is 0 Å². The first-order valence-electron chi connectivity index (χ1n) is 13.6. The van der Waals surface area contributed by atoms with Crippen LogP contribution in [0.5, 0.6) is 0 Å². The Morgan fingerprint density at radius 2 is 1.86 bits per heavy atom. The summed E-state index contributed by atoms with van der Waals surface area (Å²) in [4.78, 5) is 31.1. The average molecular weight is 497 g/mol. The molecule has 0 amide bonds. The zero-order chi connectivity index (χ0) is 25.4. The second-order valence-corrected chi connectivity index (χ2v) is 11.6. The normalized spacial score (nSPS) is 21.6. The summed E-state index contributed by atoms with van der Waals surface area (Å²) in [6.45, 7) is 10.8. The Balaban J connectivity index is 1.62. The minimum atomic E-state index is -0.625. The summed E-state index contributed by atoms with van der Waals surface area (Å²) in [5, 5.41) is 7.54. The number of aromatic amines is 1. The van der Waals surface area contributed by atoms with E-state index in [-0.39, 0.29) is 11.9 Å². The van der Waals surface area contributed by atoms with Crippen LogP contribution in [0.15, 0.2) is 9.32 Å². The van der Waals surface area contributed by atoms with E-state index in [2.05, 4.69) is 59.7 Å². The molecule has 36 heavy (non-hydrogen) atoms. The van der Waals surface area contributed by atoms with Gasteiger partial charge in [0.25, 0.3) is 0 Å². The van der Waals surface area contributed by atoms with Gasteiger partial charge in [0, 0.05) is 26.2 Å². The van der Waals surface area contributed by atoms with Crippen molar-refractivity contribution in [3.05, 3.63) is 10.6 Å². The third-order valence-electron chi connectivity index (χ3n) is 8.01. The van der Waals surface area contributed by atoms with Gasteiger partial charge < -0.3 is 14.8 Å². The maximum atomic E-state index is 11.6. The van der Waals surface area contributed by atoms with Crippen molar-refractivity contribution < 1.29 is 4.52 Å². The number of anilines is 2. The zero-order valence-electron chi connectivity index (χ0n) is 22.3. The SMILES string of the molecule is CC(C)CN(C)c1nc2nc(-c3noc(=O)[nH]3)nc(N[C@H](C)C3CCC3)c2n1C[C@H]1CC[C@H](C)CC1. The molecule has 0 unspecified atom stereocenters. The fourth-order valence-corrected chi connectivity index (χ4v) is 5.69. The van der Waals surface area contributed by atoms with E-state index in [0.29, 0.717) is 29.2 Å². The fourth-order valence-electron chi connectivity index (χ4n) is 5.69. The van der Waals surface area contributed by atoms with Gasteiger partial charge in [0.2, 0.25) is 17.6 Å². The summed E-state index contributed by atoms with van der Waals surface area (Å²) >= 11 is 0. The summed E-state index contributed by atoms with van der Waals surface area (Å²) in [6.07, 6.45) is 8.75. The smallest absolute Gasteiger partial charge is 0.365 e. The molecule has 3 aromatic heterocycles. The highest BCUT2D eigenvalue weighted by atomic mass is 16.5. The molecule has 10 heteroatoms. The fraction of sp³-hybridized carbons (Fsp3) is 0.731. The van der Waals surface area contributed by atoms with Crippen LogP contribution < -0.4 is 16.0 Å². The first-order valence-corrected chi connectivity index (χ1v) is 13.6. The van der Waals surface area contributed by atoms with Crippen LogP contribution in [-0.2, 0) is 6.54 Å². The molecule has 2 aliphatic rings. The Hall–Kier alpha value is -2.91. The van der Waals surface area contributed by atoms with Crippen LogP contribution in [0, 0.1) is 23.7 Å². The van der Waals surface area contributed by atoms with Gasteiger partial charge in [0.1, 0.15) is 5.52 Å². The lowest BCUT2D eigenvalue weighted by atomic mass is 9.80. The van der Waals surface area contributed by atoms with Crippen molar-refractivity contribution in [2.24, 2.45) is 23.7 Å². The molecular formula is C26H40N8O2. The van der Waals surface area contributed by atoms with Gasteiger partial charge in [0.15, 0.2) is 11.5 Å². The number of fused-ring (bicyclic) bond motifs is 1. The second kappa shape index (κ2) is 10.2. The van der Waals surface area contributed by atoms with Crippen LogP contribution >= 0.6 is 0 Å². The zero-order valence-corrected chi connectivity index (χ0v) is 22.3. The molecule has 1 atom stereocenters. The molecule has 0 spiro atoms. The molecule has 3 aromatic rings. The van der Waals surface area contributed by atoms with Gasteiger partial charge in [-0.1, -0.05) is 45.2 Å². The molecule has 2 N–H and O–H groups in total. The number of rotatable bonds is 9. The summed E-state index contributed by atoms with van der Waals surface area (Å²) < 4.78 is 7.08. The quantitative estimate of drug-likeness (QED) is 0.438. The van der Waals surface area contributed by atoms with Crippen molar-refractivity contribution in [1.82, 2.24) is 29.7 Å². The number of nitrogens with one attached hydrogen (secondary N) is 2. The van der Waals surface area contributed by atoms with Gasteiger partial charge in [-0.15, -0.1) is 0 Å². The third kappa shape index (κ3) is 5.13. The largest absolute Gasteiger partial charge is 0.439 e. The Morgan fingerprint density at radius 1 is 1.11 bits per heavy atom. The molecule has 10 nitrogen and oxygen atoms in total. The van der Waals surface area contributed by atoms with E-state index >= 15 is 0 Å². The van der Waals surface area contributed by atoms with Crippen molar-refractivity contribution in [3.63, 3.8) is 0 Å². The van der Waals surface area contributed by atoms with E-state index < -0.39 is 5.76 Å². The van der Waals surface area contributed by atoms with Gasteiger partial charge >= 0.3 is 5.76 Å². The van der Waals surface area contributed by atoms with Gasteiger partial charge in [-0.2, -0.15) is 4.98 Å². The highest BCUT2D eigenvalue weighted by Gasteiger charge is 2.29. The molecule has 2 aliphatic carbocycles. The molecule has 0 saturated heterocycles. The van der Waals surface area contributed by atoms with Crippen LogP contribution in [0.1, 0.15) is 72.6 Å². The van der Waals surface area contributed by atoms with E-state index in [0.717, 1.165) is 36.3 Å². The molecule has 0 aromatic carbocycles. The molecule has 0 bridgehead atoms. The van der Waals surface area contributed by atoms with Crippen molar-refractivity contribution in [3.8, 4) is 11.6 Å². The first-order chi connectivity index (χ1) is 17.3. The van der Waals surface area contributed by atoms with Crippen molar-refractivity contribution in [2.75, 3.05) is 23.8 Å². The van der Waals surface area contributed by atoms with Crippen molar-refractivity contribution >= 4 is 22.9 Å². The highest BCUT2D eigenvalue weighted by molar-refractivity contribution is 5.87. The number of aromatic nitrogens is 6. The van der Waals surface area contributed by atoms with Crippen LogP contribution in [0.4, 0.5) is 11.8 Å². The summed E-state index contributed by atoms with van der Waals surface area (Å²) in [6, 6.07) is 0.275. The van der Waals surface area contributed by atoms with E-state index in [1.54, 1.807) is 0 Å². The number of imidazole rings is 1. The molecule has 196 valence electrons. The lowest BCUT2D eigenvalue weighted by Gasteiger charge is -2.32. The maximum Gasteiger partial charge on any atom is 0.439 e. The second-order valence-electron chi connectivity index (χ2n) is 11.6. The maximum absolute atomic E-state index is 11.6. The Bertz CT molecular complexity index is 1230. The summed E-state index contributed by atoms with van der Waals surface area (Å²) in [7, 11) is 2.11. The lowest BCUT2D eigenvalue weighted by molar-refractivity contribution is 0.266. The Labute approximate surface area is 212 Å². The van der Waals surface area contributed by atoms with E-state index in [4.69, 9.17) is 19.5 Å². The highest BCUT2D eigenvalue weighted by Crippen LogP contribution is 2.36. The molecule has 2 fully saturated rings. The first kappa shape index (κ1) is 24.8. The van der Waals surface area contributed by atoms with Crippen LogP contribution in [0.25, 0.3) is 22.8 Å². The van der Waals surface area contributed by atoms with E-state index in [1.165, 1.54) is 44.9 Å². The van der Waals surface area contributed by atoms with Gasteiger partial charge in [-0.3, -0.25) is 9.51 Å². The third-order valence-corrected chi connectivity index (χ3v) is 8.01. The van der Waals surface area contributed by atoms with E-state index in [9.17, 15) is 4.79 Å². The van der Waals surface area contributed by atoms with Crippen LogP contribution in [0.2, 0.25) is 0 Å². The lowest BCUT2D eigenvalue weighted by Crippen LogP contribution is -2.31. The number of hydrogen-bond donors (Lipinski definition) is 2. The molecular weight excluding hydrogens is 456 g/mol. The summed E-state index contributed by atoms with van der Waals surface area (Å²) in [5.41, 5.74) is 1.54. The minimum absolute atomic E-state index is 0.217. The summed E-state index contributed by atoms with van der Waals surface area (Å²) in [5.74, 6) is 4.10. The van der Waals surface area contributed by atoms with Gasteiger partial charge in [0.05, 0.1) is 0 Å². The van der Waals surface area contributed by atoms with Crippen LogP contribution in [0.3, 0.4) is 0 Å². The number of nitrogens with zero attached hydrogens (tertiary/aromatic N) is 6. The number of H-pyrrole nitrogens is 1. The van der Waals surface area contributed by atoms with Crippen LogP contribution in [-0.4, -0.2) is 49.3 Å². The molecule has 5 rings (SSSR count). The standard InChI is InChI=1S/C26H40N8O2/c1-15(2)13-33(5)25-30-22-20(34(25)14-18-11-9-16(3)10-12-18)21(27-17(4)19-7-6-8-19)28-23(29-22)24-31-26(35)36-32-24/h15-19H,6-14H2,1-5H3,(H,27,28,29)(H,31,32,35)/t16-,17-,18-/m1/s1. The minimum Gasteiger partial charge on any atom is -0.365 e. The average Bonchev–Trinajstić information content (AvgIpc) is 3.37. The Morgan fingerprint density at radius 3 is 2.47 bits per heavy atom. The van der Waals surface area contributed by atoms with Crippen molar-refractivity contribution in [2.45, 2.75) is 85.2 Å². The van der Waals surface area contributed by atoms with Gasteiger partial charge in [-0.05, 0) is 56.3 Å². The molecule has 3 heterocycles. The predicted molar refractivity (Wildman–Crippen MR) is 141 cm³/mol. The number of hydrogen-bond acceptors (Lipinski definition) is 8. The van der Waals surface area contributed by atoms with Crippen molar-refractivity contribution in [1.29, 1.82) is 0 Å². The van der Waals surface area contributed by atoms with Gasteiger partial charge in [-0.25, -0.2) is 14.8 Å². The topological polar surface area (TPSA) is 118 Å².